The van der Waals surface area contributed by atoms with Crippen molar-refractivity contribution in [3.63, 3.8) is 0 Å². The van der Waals surface area contributed by atoms with Crippen molar-refractivity contribution in [2.75, 3.05) is 25.1 Å². The fourth-order valence-corrected chi connectivity index (χ4v) is 7.37. The molecular formula is C32H40Cl3F3N12O4. The SMILES string of the molecule is CC(C)(C(=O)Cn1cncn1)C(Cl)CC(CF)(CF)C(=O)C(CC(CCl)(CCl)C(=O)Cn1cncn1)(C(F)C(C)(C)C(=O)Cn1cncn1)n1cncn1. The summed E-state index contributed by atoms with van der Waals surface area (Å²) in [6.45, 7) is 0.460. The Kier molecular flexibility index (Phi) is 13.5. The third kappa shape index (κ3) is 8.27. The van der Waals surface area contributed by atoms with Crippen LogP contribution < -0.4 is 0 Å². The molecule has 4 aromatic heterocycles. The highest BCUT2D eigenvalue weighted by Crippen LogP contribution is 2.51. The Morgan fingerprint density at radius 3 is 1.46 bits per heavy atom. The highest BCUT2D eigenvalue weighted by Gasteiger charge is 2.65. The van der Waals surface area contributed by atoms with Gasteiger partial charge >= 0.3 is 0 Å². The molecule has 0 bridgehead atoms. The monoisotopic (exact) mass is 818 g/mol. The first-order valence-electron chi connectivity index (χ1n) is 16.5. The molecule has 0 spiro atoms. The van der Waals surface area contributed by atoms with E-state index in [1.54, 1.807) is 0 Å². The Morgan fingerprint density at radius 2 is 1.07 bits per heavy atom. The van der Waals surface area contributed by atoms with Crippen molar-refractivity contribution < 1.29 is 32.3 Å². The van der Waals surface area contributed by atoms with Gasteiger partial charge in [-0.1, -0.05) is 13.8 Å². The van der Waals surface area contributed by atoms with Crippen molar-refractivity contribution in [2.24, 2.45) is 21.7 Å². The number of Topliss-reactive ketones (excluding diaryl/α,β-unsaturated/α-hetero) is 4. The van der Waals surface area contributed by atoms with Crippen molar-refractivity contribution in [2.45, 2.75) is 77.3 Å². The molecule has 3 unspecified atom stereocenters. The van der Waals surface area contributed by atoms with Crippen LogP contribution in [0.15, 0.2) is 50.6 Å². The van der Waals surface area contributed by atoms with E-state index in [1.165, 1.54) is 57.7 Å². The summed E-state index contributed by atoms with van der Waals surface area (Å²) >= 11 is 19.8. The molecule has 4 rings (SSSR count). The highest BCUT2D eigenvalue weighted by atomic mass is 35.5. The van der Waals surface area contributed by atoms with Crippen LogP contribution >= 0.6 is 34.8 Å². The third-order valence-corrected chi connectivity index (χ3v) is 11.8. The van der Waals surface area contributed by atoms with Crippen molar-refractivity contribution in [1.82, 2.24) is 59.1 Å². The summed E-state index contributed by atoms with van der Waals surface area (Å²) < 4.78 is 54.0. The van der Waals surface area contributed by atoms with Crippen molar-refractivity contribution in [3.8, 4) is 0 Å². The lowest BCUT2D eigenvalue weighted by Crippen LogP contribution is -2.65. The zero-order valence-corrected chi connectivity index (χ0v) is 32.2. The first-order chi connectivity index (χ1) is 25.5. The van der Waals surface area contributed by atoms with Gasteiger partial charge in [0.25, 0.3) is 0 Å². The quantitative estimate of drug-likeness (QED) is 0.0995. The summed E-state index contributed by atoms with van der Waals surface area (Å²) in [5, 5.41) is 14.4. The molecule has 0 N–H and O–H groups in total. The minimum Gasteiger partial charge on any atom is -0.297 e. The van der Waals surface area contributed by atoms with Crippen LogP contribution in [0.4, 0.5) is 13.2 Å². The van der Waals surface area contributed by atoms with Crippen molar-refractivity contribution in [3.05, 3.63) is 50.6 Å². The molecule has 0 saturated carbocycles. The molecule has 0 aromatic carbocycles. The van der Waals surface area contributed by atoms with E-state index in [9.17, 15) is 14.4 Å². The molecule has 4 heterocycles. The first-order valence-corrected chi connectivity index (χ1v) is 18.0. The predicted molar refractivity (Wildman–Crippen MR) is 188 cm³/mol. The maximum Gasteiger partial charge on any atom is 0.175 e. The second-order valence-electron chi connectivity index (χ2n) is 14.4. The molecule has 0 radical (unpaired) electrons. The Bertz CT molecular complexity index is 1840. The summed E-state index contributed by atoms with van der Waals surface area (Å²) in [7, 11) is 0. The van der Waals surface area contributed by atoms with E-state index in [-0.39, 0.29) is 6.54 Å². The number of hydrogen-bond donors (Lipinski definition) is 0. The number of halogens is 6. The van der Waals surface area contributed by atoms with Crippen LogP contribution in [0.2, 0.25) is 0 Å². The van der Waals surface area contributed by atoms with Crippen LogP contribution in [0.25, 0.3) is 0 Å². The van der Waals surface area contributed by atoms with Crippen LogP contribution in [0.1, 0.15) is 40.5 Å². The van der Waals surface area contributed by atoms with E-state index in [0.29, 0.717) is 0 Å². The molecule has 3 atom stereocenters. The lowest BCUT2D eigenvalue weighted by atomic mass is 9.59. The van der Waals surface area contributed by atoms with Crippen molar-refractivity contribution >= 4 is 57.9 Å². The van der Waals surface area contributed by atoms with Crippen LogP contribution in [-0.2, 0) is 44.4 Å². The predicted octanol–water partition coefficient (Wildman–Crippen LogP) is 3.29. The molecule has 4 aromatic rings. The number of rotatable bonds is 23. The molecule has 22 heteroatoms. The lowest BCUT2D eigenvalue weighted by molar-refractivity contribution is -0.157. The summed E-state index contributed by atoms with van der Waals surface area (Å²) in [5.74, 6) is -4.76. The number of alkyl halides is 6. The van der Waals surface area contributed by atoms with E-state index in [1.807, 2.05) is 0 Å². The molecule has 0 amide bonds. The number of nitrogens with zero attached hydrogens (tertiary/aromatic N) is 12. The molecule has 0 saturated heterocycles. The Morgan fingerprint density at radius 1 is 0.648 bits per heavy atom. The summed E-state index contributed by atoms with van der Waals surface area (Å²) in [5.41, 5.74) is -11.4. The number of ketones is 4. The van der Waals surface area contributed by atoms with Gasteiger partial charge in [-0.3, -0.25) is 19.2 Å². The molecular weight excluding hydrogens is 780 g/mol. The van der Waals surface area contributed by atoms with Crippen LogP contribution in [0, 0.1) is 21.7 Å². The third-order valence-electron chi connectivity index (χ3n) is 10.1. The number of carbonyl (C=O) groups excluding carboxylic acids is 4. The van der Waals surface area contributed by atoms with E-state index in [4.69, 9.17) is 34.8 Å². The Hall–Kier alpha value is -4.10. The number of carbonyl (C=O) groups is 4. The summed E-state index contributed by atoms with van der Waals surface area (Å²) in [4.78, 5) is 72.3. The number of hydrogen-bond acceptors (Lipinski definition) is 12. The van der Waals surface area contributed by atoms with Crippen LogP contribution in [0.3, 0.4) is 0 Å². The lowest BCUT2D eigenvalue weighted by Gasteiger charge is -2.49. The van der Waals surface area contributed by atoms with E-state index in [0.717, 1.165) is 39.4 Å². The summed E-state index contributed by atoms with van der Waals surface area (Å²) in [6.07, 6.45) is 4.66. The molecule has 0 fully saturated rings. The molecule has 0 aliphatic heterocycles. The van der Waals surface area contributed by atoms with Gasteiger partial charge in [-0.05, 0) is 26.7 Å². The fourth-order valence-electron chi connectivity index (χ4n) is 6.18. The zero-order valence-electron chi connectivity index (χ0n) is 29.9. The van der Waals surface area contributed by atoms with Crippen LogP contribution in [-0.4, -0.2) is 119 Å². The second-order valence-corrected chi connectivity index (χ2v) is 15.5. The smallest absolute Gasteiger partial charge is 0.175 e. The molecule has 294 valence electrons. The Labute approximate surface area is 323 Å². The summed E-state index contributed by atoms with van der Waals surface area (Å²) in [6, 6.07) is 0. The van der Waals surface area contributed by atoms with Crippen molar-refractivity contribution in [1.29, 1.82) is 0 Å². The standard InChI is InChI=1S/C32H40Cl3F3N12O4/c1-28(2,23(51)6-47-18-39-14-43-47)22(35)5-30(12-36,13-37)27(54)32(50-21-42-17-46-50,26(38)29(3,4)24(52)7-48-19-40-15-44-48)9-31(10-33,11-34)25(53)8-49-20-41-16-45-49/h14-22,26H,5-13H2,1-4H3. The largest absolute Gasteiger partial charge is 0.297 e. The minimum atomic E-state index is -2.91. The minimum absolute atomic E-state index is 0.304. The average Bonchev–Trinajstić information content (AvgIpc) is 4.01. The molecule has 16 nitrogen and oxygen atoms in total. The topological polar surface area (TPSA) is 191 Å². The van der Waals surface area contributed by atoms with Gasteiger partial charge in [0.05, 0.1) is 16.2 Å². The molecule has 54 heavy (non-hydrogen) atoms. The molecule has 0 aliphatic carbocycles. The highest BCUT2D eigenvalue weighted by molar-refractivity contribution is 6.24. The van der Waals surface area contributed by atoms with Gasteiger partial charge in [0.15, 0.2) is 28.7 Å². The van der Waals surface area contributed by atoms with Gasteiger partial charge in [0.1, 0.15) is 89.8 Å². The maximum absolute atomic E-state index is 18.2. The number of aromatic nitrogens is 12. The van der Waals surface area contributed by atoms with Crippen LogP contribution in [0.5, 0.6) is 0 Å². The van der Waals surface area contributed by atoms with Gasteiger partial charge in [-0.25, -0.2) is 51.8 Å². The van der Waals surface area contributed by atoms with Gasteiger partial charge in [-0.2, -0.15) is 20.4 Å². The van der Waals surface area contributed by atoms with E-state index >= 15 is 18.0 Å². The Balaban J connectivity index is 1.92. The van der Waals surface area contributed by atoms with Gasteiger partial charge < -0.3 is 0 Å². The van der Waals surface area contributed by atoms with E-state index < -0.39 is 113 Å². The van der Waals surface area contributed by atoms with Gasteiger partial charge in [0.2, 0.25) is 0 Å². The van der Waals surface area contributed by atoms with Gasteiger partial charge in [0, 0.05) is 22.6 Å². The van der Waals surface area contributed by atoms with E-state index in [2.05, 4.69) is 40.3 Å². The normalized spacial score (nSPS) is 15.1. The van der Waals surface area contributed by atoms with Gasteiger partial charge in [-0.15, -0.1) is 34.8 Å². The fraction of sp³-hybridized carbons (Fsp3) is 0.625. The maximum atomic E-state index is 18.2. The first kappa shape index (κ1) is 42.6. The average molecular weight is 820 g/mol. The molecule has 0 aliphatic rings. The zero-order chi connectivity index (χ0) is 40.0. The second kappa shape index (κ2) is 17.1.